The number of rotatable bonds is 4. The highest BCUT2D eigenvalue weighted by atomic mass is 15.0. The summed E-state index contributed by atoms with van der Waals surface area (Å²) in [7, 11) is 0. The number of fused-ring (bicyclic) bond motifs is 6. The molecule has 9 aromatic rings. The van der Waals surface area contributed by atoms with Crippen molar-refractivity contribution in [2.75, 3.05) is 0 Å². The van der Waals surface area contributed by atoms with Gasteiger partial charge in [0.1, 0.15) is 0 Å². The molecule has 0 saturated heterocycles. The van der Waals surface area contributed by atoms with Gasteiger partial charge in [0, 0.05) is 32.9 Å². The Kier molecular flexibility index (Phi) is 5.88. The Morgan fingerprint density at radius 1 is 0.348 bits per heavy atom. The molecule has 7 aromatic carbocycles. The molecule has 3 heteroatoms. The fourth-order valence-electron chi connectivity index (χ4n) is 7.04. The lowest BCUT2D eigenvalue weighted by molar-refractivity contribution is 1.18. The first-order valence-corrected chi connectivity index (χ1v) is 15.5. The zero-order valence-electron chi connectivity index (χ0n) is 24.9. The summed E-state index contributed by atoms with van der Waals surface area (Å²) in [5.41, 5.74) is 11.9. The number of aromatic nitrogens is 2. The zero-order chi connectivity index (χ0) is 30.6. The number of nitriles is 1. The lowest BCUT2D eigenvalue weighted by atomic mass is 10.0. The lowest BCUT2D eigenvalue weighted by Crippen LogP contribution is -1.96. The van der Waals surface area contributed by atoms with Crippen molar-refractivity contribution in [2.45, 2.75) is 0 Å². The molecule has 0 aliphatic rings. The molecular weight excluding hydrogens is 558 g/mol. The Balaban J connectivity index is 1.24. The quantitative estimate of drug-likeness (QED) is 0.202. The number of benzene rings is 7. The summed E-state index contributed by atoms with van der Waals surface area (Å²) >= 11 is 0. The third-order valence-electron chi connectivity index (χ3n) is 9.11. The third kappa shape index (κ3) is 4.05. The van der Waals surface area contributed by atoms with Gasteiger partial charge in [-0.05, 0) is 89.0 Å². The van der Waals surface area contributed by atoms with Crippen LogP contribution in [-0.2, 0) is 0 Å². The topological polar surface area (TPSA) is 33.6 Å². The van der Waals surface area contributed by atoms with Crippen LogP contribution < -0.4 is 0 Å². The molecule has 9 rings (SSSR count). The van der Waals surface area contributed by atoms with E-state index >= 15 is 0 Å². The summed E-state index contributed by atoms with van der Waals surface area (Å²) < 4.78 is 4.64. The maximum absolute atomic E-state index is 9.97. The van der Waals surface area contributed by atoms with E-state index in [1.165, 1.54) is 43.7 Å². The normalized spacial score (nSPS) is 11.5. The molecule has 0 saturated carbocycles. The molecule has 0 bridgehead atoms. The lowest BCUT2D eigenvalue weighted by Gasteiger charge is -2.12. The fourth-order valence-corrected chi connectivity index (χ4v) is 7.04. The predicted molar refractivity (Wildman–Crippen MR) is 191 cm³/mol. The van der Waals surface area contributed by atoms with Gasteiger partial charge in [0.05, 0.1) is 33.7 Å². The SMILES string of the molecule is N#Cc1cc(-c2ccccc2)cc(-n2c3ccccc3c3cc(-c4ccc5c(c4)c4ccccc4n5-c4ccccc4)ccc32)c1. The van der Waals surface area contributed by atoms with E-state index in [2.05, 4.69) is 149 Å². The molecule has 0 unspecified atom stereocenters. The molecule has 46 heavy (non-hydrogen) atoms. The highest BCUT2D eigenvalue weighted by Crippen LogP contribution is 2.38. The van der Waals surface area contributed by atoms with Crippen molar-refractivity contribution in [2.24, 2.45) is 0 Å². The van der Waals surface area contributed by atoms with Gasteiger partial charge in [-0.3, -0.25) is 0 Å². The van der Waals surface area contributed by atoms with E-state index in [0.29, 0.717) is 5.56 Å². The maximum atomic E-state index is 9.97. The first-order valence-electron chi connectivity index (χ1n) is 15.5. The van der Waals surface area contributed by atoms with Gasteiger partial charge >= 0.3 is 0 Å². The van der Waals surface area contributed by atoms with Gasteiger partial charge in [-0.2, -0.15) is 5.26 Å². The highest BCUT2D eigenvalue weighted by molar-refractivity contribution is 6.12. The number of para-hydroxylation sites is 3. The van der Waals surface area contributed by atoms with Crippen LogP contribution in [0.2, 0.25) is 0 Å². The first-order chi connectivity index (χ1) is 22.8. The van der Waals surface area contributed by atoms with Crippen molar-refractivity contribution in [1.82, 2.24) is 9.13 Å². The van der Waals surface area contributed by atoms with Crippen LogP contribution in [-0.4, -0.2) is 9.13 Å². The minimum absolute atomic E-state index is 0.641. The Bertz CT molecular complexity index is 2630. The second kappa shape index (κ2) is 10.4. The first kappa shape index (κ1) is 26.1. The van der Waals surface area contributed by atoms with Crippen molar-refractivity contribution in [1.29, 1.82) is 5.26 Å². The van der Waals surface area contributed by atoms with Crippen LogP contribution in [0.15, 0.2) is 164 Å². The molecule has 0 atom stereocenters. The number of hydrogen-bond acceptors (Lipinski definition) is 1. The summed E-state index contributed by atoms with van der Waals surface area (Å²) in [5.74, 6) is 0. The van der Waals surface area contributed by atoms with E-state index in [1.807, 2.05) is 30.3 Å². The van der Waals surface area contributed by atoms with Gasteiger partial charge in [0.15, 0.2) is 0 Å². The summed E-state index contributed by atoms with van der Waals surface area (Å²) in [6.45, 7) is 0. The molecule has 2 aromatic heterocycles. The molecule has 0 spiro atoms. The molecule has 0 fully saturated rings. The minimum Gasteiger partial charge on any atom is -0.309 e. The molecule has 0 aliphatic carbocycles. The van der Waals surface area contributed by atoms with Crippen molar-refractivity contribution in [3.63, 3.8) is 0 Å². The monoisotopic (exact) mass is 585 g/mol. The van der Waals surface area contributed by atoms with E-state index < -0.39 is 0 Å². The molecule has 0 radical (unpaired) electrons. The molecule has 0 N–H and O–H groups in total. The summed E-state index contributed by atoms with van der Waals surface area (Å²) in [4.78, 5) is 0. The maximum Gasteiger partial charge on any atom is 0.0992 e. The minimum atomic E-state index is 0.641. The van der Waals surface area contributed by atoms with E-state index in [-0.39, 0.29) is 0 Å². The largest absolute Gasteiger partial charge is 0.309 e. The van der Waals surface area contributed by atoms with Crippen LogP contribution in [0.5, 0.6) is 0 Å². The molecule has 3 nitrogen and oxygen atoms in total. The van der Waals surface area contributed by atoms with Gasteiger partial charge in [0.25, 0.3) is 0 Å². The molecule has 2 heterocycles. The summed E-state index contributed by atoms with van der Waals surface area (Å²) in [5, 5.41) is 14.8. The van der Waals surface area contributed by atoms with Crippen LogP contribution in [0.1, 0.15) is 5.56 Å². The van der Waals surface area contributed by atoms with E-state index in [0.717, 1.165) is 33.5 Å². The third-order valence-corrected chi connectivity index (χ3v) is 9.11. The standard InChI is InChI=1S/C43H27N3/c44-28-29-23-33(30-11-3-1-4-12-30)25-35(24-29)46-41-18-10-8-16-37(41)39-27-32(20-22-43(39)46)31-19-21-42-38(26-31)36-15-7-9-17-40(36)45(42)34-13-5-2-6-14-34/h1-27H. The second-order valence-corrected chi connectivity index (χ2v) is 11.8. The zero-order valence-corrected chi connectivity index (χ0v) is 24.9. The van der Waals surface area contributed by atoms with Crippen LogP contribution in [0, 0.1) is 11.3 Å². The van der Waals surface area contributed by atoms with Gasteiger partial charge < -0.3 is 9.13 Å². The average molecular weight is 586 g/mol. The van der Waals surface area contributed by atoms with Crippen LogP contribution in [0.25, 0.3) is 77.2 Å². The Morgan fingerprint density at radius 3 is 1.43 bits per heavy atom. The van der Waals surface area contributed by atoms with Crippen LogP contribution in [0.3, 0.4) is 0 Å². The average Bonchev–Trinajstić information content (AvgIpc) is 3.64. The predicted octanol–water partition coefficient (Wildman–Crippen LogP) is 11.1. The van der Waals surface area contributed by atoms with Gasteiger partial charge in [-0.1, -0.05) is 97.1 Å². The summed E-state index contributed by atoms with van der Waals surface area (Å²) in [6.07, 6.45) is 0. The van der Waals surface area contributed by atoms with Crippen molar-refractivity contribution < 1.29 is 0 Å². The van der Waals surface area contributed by atoms with Gasteiger partial charge in [-0.25, -0.2) is 0 Å². The Labute approximate surface area is 266 Å². The number of hydrogen-bond donors (Lipinski definition) is 0. The van der Waals surface area contributed by atoms with E-state index in [1.54, 1.807) is 0 Å². The highest BCUT2D eigenvalue weighted by Gasteiger charge is 2.17. The van der Waals surface area contributed by atoms with Crippen molar-refractivity contribution in [3.05, 3.63) is 169 Å². The van der Waals surface area contributed by atoms with Gasteiger partial charge in [0.2, 0.25) is 0 Å². The Morgan fingerprint density at radius 2 is 0.848 bits per heavy atom. The molecule has 0 amide bonds. The van der Waals surface area contributed by atoms with Crippen molar-refractivity contribution >= 4 is 43.6 Å². The summed E-state index contributed by atoms with van der Waals surface area (Å²) in [6, 6.07) is 60.2. The van der Waals surface area contributed by atoms with E-state index in [9.17, 15) is 5.26 Å². The van der Waals surface area contributed by atoms with E-state index in [4.69, 9.17) is 0 Å². The molecule has 0 aliphatic heterocycles. The smallest absolute Gasteiger partial charge is 0.0992 e. The molecule has 214 valence electrons. The van der Waals surface area contributed by atoms with Crippen LogP contribution >= 0.6 is 0 Å². The van der Waals surface area contributed by atoms with Crippen molar-refractivity contribution in [3.8, 4) is 39.7 Å². The van der Waals surface area contributed by atoms with Gasteiger partial charge in [-0.15, -0.1) is 0 Å². The second-order valence-electron chi connectivity index (χ2n) is 11.8. The number of nitrogens with zero attached hydrogens (tertiary/aromatic N) is 3. The Hall–Kier alpha value is -6.37. The fraction of sp³-hybridized carbons (Fsp3) is 0. The van der Waals surface area contributed by atoms with Crippen LogP contribution in [0.4, 0.5) is 0 Å². The molecular formula is C43H27N3.